The van der Waals surface area contributed by atoms with Crippen molar-refractivity contribution in [2.45, 2.75) is 31.5 Å². The summed E-state index contributed by atoms with van der Waals surface area (Å²) in [6.07, 6.45) is 1.14. The first-order valence-electron chi connectivity index (χ1n) is 7.63. The predicted molar refractivity (Wildman–Crippen MR) is 91.9 cm³/mol. The number of urea groups is 1. The molecule has 5 nitrogen and oxygen atoms in total. The number of amides is 2. The molecule has 0 bridgehead atoms. The molecule has 0 saturated carbocycles. The maximum absolute atomic E-state index is 11.9. The molecule has 2 amide bonds. The van der Waals surface area contributed by atoms with Gasteiger partial charge in [-0.25, -0.2) is 4.79 Å². The molecule has 1 unspecified atom stereocenters. The summed E-state index contributed by atoms with van der Waals surface area (Å²) >= 11 is 3.09. The maximum Gasteiger partial charge on any atom is 0.315 e. The van der Waals surface area contributed by atoms with Crippen molar-refractivity contribution in [3.63, 3.8) is 0 Å². The van der Waals surface area contributed by atoms with Gasteiger partial charge in [-0.3, -0.25) is 0 Å². The highest BCUT2D eigenvalue weighted by Crippen LogP contribution is 2.29. The zero-order valence-corrected chi connectivity index (χ0v) is 14.3. The van der Waals surface area contributed by atoms with Crippen LogP contribution in [0.5, 0.6) is 0 Å². The molecule has 1 aliphatic rings. The van der Waals surface area contributed by atoms with Crippen LogP contribution in [-0.4, -0.2) is 30.4 Å². The highest BCUT2D eigenvalue weighted by atomic mass is 32.1. The second-order valence-electron chi connectivity index (χ2n) is 5.48. The molecular formula is C16H20N2O3S2. The SMILES string of the molecule is O=C(NCc1ccc(C(O)c2ccsc2)s1)NC1CCOCC1. The average molecular weight is 352 g/mol. The molecule has 23 heavy (non-hydrogen) atoms. The fourth-order valence-corrected chi connectivity index (χ4v) is 4.12. The van der Waals surface area contributed by atoms with Gasteiger partial charge in [-0.05, 0) is 47.4 Å². The Kier molecular flexibility index (Phi) is 5.66. The quantitative estimate of drug-likeness (QED) is 0.775. The second-order valence-corrected chi connectivity index (χ2v) is 7.46. The van der Waals surface area contributed by atoms with Crippen LogP contribution in [0.2, 0.25) is 0 Å². The zero-order chi connectivity index (χ0) is 16.1. The zero-order valence-electron chi connectivity index (χ0n) is 12.7. The molecule has 3 N–H and O–H groups in total. The van der Waals surface area contributed by atoms with Gasteiger partial charge in [0.2, 0.25) is 0 Å². The molecule has 1 atom stereocenters. The number of aliphatic hydroxyl groups is 1. The van der Waals surface area contributed by atoms with Crippen LogP contribution >= 0.6 is 22.7 Å². The van der Waals surface area contributed by atoms with Crippen LogP contribution in [0.3, 0.4) is 0 Å². The van der Waals surface area contributed by atoms with E-state index in [1.165, 1.54) is 11.3 Å². The standard InChI is InChI=1S/C16H20N2O3S2/c19-15(11-5-8-22-10-11)14-2-1-13(23-14)9-17-16(20)18-12-3-6-21-7-4-12/h1-2,5,8,10,12,15,19H,3-4,6-7,9H2,(H2,17,18,20). The summed E-state index contributed by atoms with van der Waals surface area (Å²) in [5.74, 6) is 0. The molecule has 1 fully saturated rings. The summed E-state index contributed by atoms with van der Waals surface area (Å²) in [5.41, 5.74) is 0.911. The van der Waals surface area contributed by atoms with Crippen LogP contribution in [0.25, 0.3) is 0 Å². The molecule has 1 saturated heterocycles. The maximum atomic E-state index is 11.9. The summed E-state index contributed by atoms with van der Waals surface area (Å²) in [5, 5.41) is 20.0. The Morgan fingerprint density at radius 3 is 2.91 bits per heavy atom. The summed E-state index contributed by atoms with van der Waals surface area (Å²) in [6, 6.07) is 5.84. The molecule has 2 aromatic rings. The number of thiophene rings is 2. The fraction of sp³-hybridized carbons (Fsp3) is 0.438. The third-order valence-electron chi connectivity index (χ3n) is 3.79. The van der Waals surface area contributed by atoms with E-state index in [-0.39, 0.29) is 12.1 Å². The van der Waals surface area contributed by atoms with Gasteiger partial charge in [0, 0.05) is 29.0 Å². The molecule has 2 aromatic heterocycles. The van der Waals surface area contributed by atoms with Gasteiger partial charge in [0.05, 0.1) is 6.54 Å². The molecule has 0 spiro atoms. The smallest absolute Gasteiger partial charge is 0.315 e. The number of rotatable bonds is 5. The van der Waals surface area contributed by atoms with Gasteiger partial charge in [-0.2, -0.15) is 11.3 Å². The number of hydrogen-bond donors (Lipinski definition) is 3. The molecule has 1 aliphatic heterocycles. The first-order valence-corrected chi connectivity index (χ1v) is 9.39. The van der Waals surface area contributed by atoms with Crippen molar-refractivity contribution in [1.82, 2.24) is 10.6 Å². The number of hydrogen-bond acceptors (Lipinski definition) is 5. The van der Waals surface area contributed by atoms with Crippen LogP contribution < -0.4 is 10.6 Å². The lowest BCUT2D eigenvalue weighted by molar-refractivity contribution is 0.0801. The Morgan fingerprint density at radius 2 is 2.17 bits per heavy atom. The minimum absolute atomic E-state index is 0.148. The van der Waals surface area contributed by atoms with Gasteiger partial charge in [0.15, 0.2) is 0 Å². The van der Waals surface area contributed by atoms with Gasteiger partial charge >= 0.3 is 6.03 Å². The van der Waals surface area contributed by atoms with E-state index < -0.39 is 6.10 Å². The largest absolute Gasteiger partial charge is 0.383 e. The number of aliphatic hydroxyl groups excluding tert-OH is 1. The molecule has 3 heterocycles. The Labute approximate surface area is 143 Å². The normalized spacial score (nSPS) is 16.9. The predicted octanol–water partition coefficient (Wildman–Crippen LogP) is 2.87. The van der Waals surface area contributed by atoms with Crippen molar-refractivity contribution in [3.05, 3.63) is 44.3 Å². The van der Waals surface area contributed by atoms with Crippen LogP contribution in [-0.2, 0) is 11.3 Å². The first kappa shape index (κ1) is 16.4. The van der Waals surface area contributed by atoms with Crippen LogP contribution in [0.15, 0.2) is 29.0 Å². The van der Waals surface area contributed by atoms with Crippen molar-refractivity contribution in [2.75, 3.05) is 13.2 Å². The van der Waals surface area contributed by atoms with E-state index in [1.807, 2.05) is 29.0 Å². The van der Waals surface area contributed by atoms with Crippen LogP contribution in [0.4, 0.5) is 4.79 Å². The Bertz CT molecular complexity index is 621. The van der Waals surface area contributed by atoms with E-state index >= 15 is 0 Å². The van der Waals surface area contributed by atoms with E-state index in [0.29, 0.717) is 19.8 Å². The van der Waals surface area contributed by atoms with Crippen molar-refractivity contribution < 1.29 is 14.6 Å². The highest BCUT2D eigenvalue weighted by molar-refractivity contribution is 7.12. The molecular weight excluding hydrogens is 332 g/mol. The second kappa shape index (κ2) is 7.92. The molecule has 0 radical (unpaired) electrons. The highest BCUT2D eigenvalue weighted by Gasteiger charge is 2.16. The lowest BCUT2D eigenvalue weighted by Gasteiger charge is -2.23. The summed E-state index contributed by atoms with van der Waals surface area (Å²) in [4.78, 5) is 13.8. The monoisotopic (exact) mass is 352 g/mol. The van der Waals surface area contributed by atoms with E-state index in [2.05, 4.69) is 10.6 Å². The first-order chi connectivity index (χ1) is 11.2. The topological polar surface area (TPSA) is 70.6 Å². The van der Waals surface area contributed by atoms with Crippen LogP contribution in [0.1, 0.15) is 34.3 Å². The average Bonchev–Trinajstić information content (AvgIpc) is 3.25. The van der Waals surface area contributed by atoms with Crippen molar-refractivity contribution >= 4 is 28.7 Å². The van der Waals surface area contributed by atoms with Gasteiger partial charge in [-0.1, -0.05) is 0 Å². The number of nitrogens with one attached hydrogen (secondary N) is 2. The minimum Gasteiger partial charge on any atom is -0.383 e. The van der Waals surface area contributed by atoms with Crippen molar-refractivity contribution in [1.29, 1.82) is 0 Å². The summed E-state index contributed by atoms with van der Waals surface area (Å²) in [6.45, 7) is 1.88. The number of ether oxygens (including phenoxy) is 1. The van der Waals surface area contributed by atoms with Gasteiger partial charge in [0.1, 0.15) is 6.10 Å². The Morgan fingerprint density at radius 1 is 1.35 bits per heavy atom. The number of carbonyl (C=O) groups is 1. The molecule has 124 valence electrons. The Hall–Kier alpha value is -1.41. The third-order valence-corrected chi connectivity index (χ3v) is 5.63. The van der Waals surface area contributed by atoms with E-state index in [1.54, 1.807) is 11.3 Å². The van der Waals surface area contributed by atoms with Gasteiger partial charge in [0.25, 0.3) is 0 Å². The van der Waals surface area contributed by atoms with Crippen molar-refractivity contribution in [3.8, 4) is 0 Å². The van der Waals surface area contributed by atoms with E-state index in [0.717, 1.165) is 28.2 Å². The minimum atomic E-state index is -0.587. The van der Waals surface area contributed by atoms with E-state index in [9.17, 15) is 9.90 Å². The van der Waals surface area contributed by atoms with Crippen LogP contribution in [0, 0.1) is 0 Å². The summed E-state index contributed by atoms with van der Waals surface area (Å²) in [7, 11) is 0. The Balaban J connectivity index is 1.48. The lowest BCUT2D eigenvalue weighted by atomic mass is 10.1. The molecule has 7 heteroatoms. The lowest BCUT2D eigenvalue weighted by Crippen LogP contribution is -2.44. The molecule has 0 aromatic carbocycles. The fourth-order valence-electron chi connectivity index (χ4n) is 2.48. The van der Waals surface area contributed by atoms with Gasteiger partial charge in [-0.15, -0.1) is 11.3 Å². The third kappa shape index (κ3) is 4.54. The molecule has 0 aliphatic carbocycles. The van der Waals surface area contributed by atoms with E-state index in [4.69, 9.17) is 4.74 Å². The number of carbonyl (C=O) groups excluding carboxylic acids is 1. The van der Waals surface area contributed by atoms with Gasteiger partial charge < -0.3 is 20.5 Å². The molecule has 3 rings (SSSR count). The summed E-state index contributed by atoms with van der Waals surface area (Å²) < 4.78 is 5.27. The van der Waals surface area contributed by atoms with Crippen molar-refractivity contribution in [2.24, 2.45) is 0 Å².